The maximum absolute atomic E-state index is 10.6. The highest BCUT2D eigenvalue weighted by molar-refractivity contribution is 5.80. The number of hydrogen-bond donors (Lipinski definition) is 2. The summed E-state index contributed by atoms with van der Waals surface area (Å²) in [6.45, 7) is 0.717. The molecular formula is C12H16N4O3. The van der Waals surface area contributed by atoms with Crippen molar-refractivity contribution in [1.82, 2.24) is 9.55 Å². The Morgan fingerprint density at radius 3 is 2.95 bits per heavy atom. The molecule has 0 saturated heterocycles. The van der Waals surface area contributed by atoms with E-state index in [4.69, 9.17) is 20.9 Å². The average molecular weight is 264 g/mol. The molecule has 102 valence electrons. The summed E-state index contributed by atoms with van der Waals surface area (Å²) in [5.74, 6) is 0.628. The highest BCUT2D eigenvalue weighted by Crippen LogP contribution is 2.22. The van der Waals surface area contributed by atoms with Crippen LogP contribution in [0.4, 0.5) is 5.95 Å². The molecular weight excluding hydrogens is 248 g/mol. The molecule has 1 amide bonds. The smallest absolute Gasteiger partial charge is 0.243 e. The number of fused-ring (bicyclic) bond motifs is 1. The number of rotatable bonds is 6. The number of benzene rings is 1. The Kier molecular flexibility index (Phi) is 3.86. The van der Waals surface area contributed by atoms with Crippen molar-refractivity contribution in [3.8, 4) is 5.75 Å². The van der Waals surface area contributed by atoms with Gasteiger partial charge in [0.1, 0.15) is 12.4 Å². The SMILES string of the molecule is COc1ccc2nc(N)n(CCOCC(N)=O)c2c1. The van der Waals surface area contributed by atoms with E-state index in [2.05, 4.69) is 4.98 Å². The van der Waals surface area contributed by atoms with E-state index in [1.807, 2.05) is 18.2 Å². The van der Waals surface area contributed by atoms with E-state index in [0.29, 0.717) is 19.1 Å². The third-order valence-electron chi connectivity index (χ3n) is 2.69. The fraction of sp³-hybridized carbons (Fsp3) is 0.333. The van der Waals surface area contributed by atoms with Crippen molar-refractivity contribution in [2.75, 3.05) is 26.1 Å². The molecule has 7 nitrogen and oxygen atoms in total. The molecule has 19 heavy (non-hydrogen) atoms. The molecule has 4 N–H and O–H groups in total. The molecule has 0 saturated carbocycles. The third kappa shape index (κ3) is 2.94. The Labute approximate surface area is 110 Å². The monoisotopic (exact) mass is 264 g/mol. The van der Waals surface area contributed by atoms with E-state index in [9.17, 15) is 4.79 Å². The van der Waals surface area contributed by atoms with Crippen molar-refractivity contribution in [2.45, 2.75) is 6.54 Å². The number of anilines is 1. The molecule has 0 unspecified atom stereocenters. The summed E-state index contributed by atoms with van der Waals surface area (Å²) in [5.41, 5.74) is 12.5. The molecule has 0 aliphatic rings. The minimum atomic E-state index is -0.495. The Bertz CT molecular complexity index is 594. The van der Waals surface area contributed by atoms with Gasteiger partial charge in [0.2, 0.25) is 11.9 Å². The molecule has 1 aromatic carbocycles. The van der Waals surface area contributed by atoms with Gasteiger partial charge in [-0.2, -0.15) is 0 Å². The Balaban J connectivity index is 2.16. The summed E-state index contributed by atoms with van der Waals surface area (Å²) >= 11 is 0. The zero-order valence-corrected chi connectivity index (χ0v) is 10.6. The van der Waals surface area contributed by atoms with Crippen LogP contribution >= 0.6 is 0 Å². The van der Waals surface area contributed by atoms with Crippen LogP contribution in [0.2, 0.25) is 0 Å². The fourth-order valence-electron chi connectivity index (χ4n) is 1.81. The number of nitrogens with two attached hydrogens (primary N) is 2. The molecule has 7 heteroatoms. The molecule has 0 aliphatic carbocycles. The van der Waals surface area contributed by atoms with Crippen LogP contribution in [0.3, 0.4) is 0 Å². The summed E-state index contributed by atoms with van der Waals surface area (Å²) in [6.07, 6.45) is 0. The van der Waals surface area contributed by atoms with Crippen LogP contribution in [0.25, 0.3) is 11.0 Å². The number of aromatic nitrogens is 2. The molecule has 0 fully saturated rings. The van der Waals surface area contributed by atoms with Crippen molar-refractivity contribution in [3.63, 3.8) is 0 Å². The average Bonchev–Trinajstić information content (AvgIpc) is 2.69. The Morgan fingerprint density at radius 2 is 2.26 bits per heavy atom. The lowest BCUT2D eigenvalue weighted by Crippen LogP contribution is -2.20. The van der Waals surface area contributed by atoms with E-state index in [0.717, 1.165) is 16.8 Å². The van der Waals surface area contributed by atoms with Crippen LogP contribution in [-0.4, -0.2) is 35.8 Å². The van der Waals surface area contributed by atoms with Gasteiger partial charge < -0.3 is 25.5 Å². The van der Waals surface area contributed by atoms with E-state index in [1.165, 1.54) is 0 Å². The van der Waals surface area contributed by atoms with Crippen LogP contribution in [0, 0.1) is 0 Å². The number of nitrogens with zero attached hydrogens (tertiary/aromatic N) is 2. The zero-order valence-electron chi connectivity index (χ0n) is 10.6. The van der Waals surface area contributed by atoms with Crippen molar-refractivity contribution < 1.29 is 14.3 Å². The topological polar surface area (TPSA) is 105 Å². The van der Waals surface area contributed by atoms with Gasteiger partial charge in [0.25, 0.3) is 0 Å². The third-order valence-corrected chi connectivity index (χ3v) is 2.69. The molecule has 0 aliphatic heterocycles. The second-order valence-electron chi connectivity index (χ2n) is 4.00. The van der Waals surface area contributed by atoms with Crippen LogP contribution in [0.1, 0.15) is 0 Å². The predicted molar refractivity (Wildman–Crippen MR) is 70.7 cm³/mol. The van der Waals surface area contributed by atoms with E-state index in [-0.39, 0.29) is 6.61 Å². The zero-order chi connectivity index (χ0) is 13.8. The molecule has 1 aromatic heterocycles. The first kappa shape index (κ1) is 13.2. The van der Waals surface area contributed by atoms with Gasteiger partial charge in [-0.1, -0.05) is 0 Å². The minimum Gasteiger partial charge on any atom is -0.497 e. The first-order valence-electron chi connectivity index (χ1n) is 5.77. The van der Waals surface area contributed by atoms with Gasteiger partial charge in [0, 0.05) is 12.6 Å². The van der Waals surface area contributed by atoms with Gasteiger partial charge in [0.05, 0.1) is 24.8 Å². The van der Waals surface area contributed by atoms with Gasteiger partial charge in [-0.25, -0.2) is 4.98 Å². The second-order valence-corrected chi connectivity index (χ2v) is 4.00. The number of amides is 1. The fourth-order valence-corrected chi connectivity index (χ4v) is 1.81. The summed E-state index contributed by atoms with van der Waals surface area (Å²) < 4.78 is 12.1. The van der Waals surface area contributed by atoms with E-state index in [1.54, 1.807) is 11.7 Å². The molecule has 2 aromatic rings. The molecule has 0 radical (unpaired) electrons. The van der Waals surface area contributed by atoms with Crippen molar-refractivity contribution >= 4 is 22.9 Å². The summed E-state index contributed by atoms with van der Waals surface area (Å²) in [6, 6.07) is 5.51. The lowest BCUT2D eigenvalue weighted by atomic mass is 10.3. The Hall–Kier alpha value is -2.28. The number of hydrogen-bond acceptors (Lipinski definition) is 5. The second kappa shape index (κ2) is 5.57. The van der Waals surface area contributed by atoms with Crippen molar-refractivity contribution in [3.05, 3.63) is 18.2 Å². The molecule has 0 spiro atoms. The standard InChI is InChI=1S/C12H16N4O3/c1-18-8-2-3-9-10(6-8)16(12(14)15-9)4-5-19-7-11(13)17/h2-3,6H,4-5,7H2,1H3,(H2,13,17)(H2,14,15). The number of methoxy groups -OCH3 is 1. The molecule has 0 atom stereocenters. The maximum Gasteiger partial charge on any atom is 0.243 e. The van der Waals surface area contributed by atoms with E-state index >= 15 is 0 Å². The Morgan fingerprint density at radius 1 is 1.47 bits per heavy atom. The minimum absolute atomic E-state index is 0.101. The number of nitrogen functional groups attached to an aromatic ring is 1. The van der Waals surface area contributed by atoms with Crippen molar-refractivity contribution in [1.29, 1.82) is 0 Å². The largest absolute Gasteiger partial charge is 0.497 e. The van der Waals surface area contributed by atoms with Gasteiger partial charge in [-0.15, -0.1) is 0 Å². The number of imidazole rings is 1. The highest BCUT2D eigenvalue weighted by Gasteiger charge is 2.09. The summed E-state index contributed by atoms with van der Waals surface area (Å²) in [7, 11) is 1.60. The van der Waals surface area contributed by atoms with Crippen LogP contribution in [-0.2, 0) is 16.1 Å². The van der Waals surface area contributed by atoms with Crippen LogP contribution < -0.4 is 16.2 Å². The van der Waals surface area contributed by atoms with Gasteiger partial charge in [0.15, 0.2) is 0 Å². The van der Waals surface area contributed by atoms with Crippen LogP contribution in [0.15, 0.2) is 18.2 Å². The lowest BCUT2D eigenvalue weighted by molar-refractivity contribution is -0.122. The van der Waals surface area contributed by atoms with Gasteiger partial charge in [-0.3, -0.25) is 4.79 Å². The maximum atomic E-state index is 10.6. The summed E-state index contributed by atoms with van der Waals surface area (Å²) in [4.78, 5) is 14.8. The van der Waals surface area contributed by atoms with E-state index < -0.39 is 5.91 Å². The van der Waals surface area contributed by atoms with Gasteiger partial charge in [-0.05, 0) is 12.1 Å². The highest BCUT2D eigenvalue weighted by atomic mass is 16.5. The normalized spacial score (nSPS) is 10.8. The lowest BCUT2D eigenvalue weighted by Gasteiger charge is -2.07. The summed E-state index contributed by atoms with van der Waals surface area (Å²) in [5, 5.41) is 0. The molecule has 2 rings (SSSR count). The molecule has 0 bridgehead atoms. The molecule has 1 heterocycles. The van der Waals surface area contributed by atoms with Gasteiger partial charge >= 0.3 is 0 Å². The van der Waals surface area contributed by atoms with Crippen molar-refractivity contribution in [2.24, 2.45) is 5.73 Å². The van der Waals surface area contributed by atoms with Crippen LogP contribution in [0.5, 0.6) is 5.75 Å². The first-order chi connectivity index (χ1) is 9.11. The first-order valence-corrected chi connectivity index (χ1v) is 5.77. The number of carbonyl (C=O) groups is 1. The predicted octanol–water partition coefficient (Wildman–Crippen LogP) is 0.129. The number of ether oxygens (including phenoxy) is 2. The quantitative estimate of drug-likeness (QED) is 0.721. The number of carbonyl (C=O) groups excluding carboxylic acids is 1. The number of primary amides is 1.